The zero-order valence-corrected chi connectivity index (χ0v) is 15.5. The SMILES string of the molecule is Cc1ccc(C)c([C@@H]2c3cccn3CCCN2Cc2ccccc2F)c1. The molecule has 0 unspecified atom stereocenters. The van der Waals surface area contributed by atoms with Crippen molar-refractivity contribution in [3.8, 4) is 0 Å². The molecule has 2 heterocycles. The number of benzene rings is 2. The van der Waals surface area contributed by atoms with Crippen molar-refractivity contribution in [3.05, 3.63) is 94.6 Å². The largest absolute Gasteiger partial charge is 0.350 e. The molecule has 1 atom stereocenters. The highest BCUT2D eigenvalue weighted by Crippen LogP contribution is 2.35. The molecule has 0 fully saturated rings. The normalized spacial score (nSPS) is 17.7. The number of rotatable bonds is 3. The molecule has 1 aliphatic rings. The summed E-state index contributed by atoms with van der Waals surface area (Å²) in [7, 11) is 0. The maximum absolute atomic E-state index is 14.3. The van der Waals surface area contributed by atoms with Crippen LogP contribution in [0.3, 0.4) is 0 Å². The molecule has 0 N–H and O–H groups in total. The summed E-state index contributed by atoms with van der Waals surface area (Å²) in [6, 6.07) is 18.3. The van der Waals surface area contributed by atoms with Crippen molar-refractivity contribution in [3.63, 3.8) is 0 Å². The molecule has 0 radical (unpaired) electrons. The number of hydrogen-bond donors (Lipinski definition) is 0. The highest BCUT2D eigenvalue weighted by Gasteiger charge is 2.29. The van der Waals surface area contributed by atoms with Crippen LogP contribution in [0.2, 0.25) is 0 Å². The maximum atomic E-state index is 14.3. The summed E-state index contributed by atoms with van der Waals surface area (Å²) in [5, 5.41) is 0. The Morgan fingerprint density at radius 1 is 1.00 bits per heavy atom. The van der Waals surface area contributed by atoms with Crippen LogP contribution in [0.25, 0.3) is 0 Å². The molecule has 2 aromatic carbocycles. The molecule has 134 valence electrons. The Kier molecular flexibility index (Phi) is 4.64. The first-order valence-electron chi connectivity index (χ1n) is 9.33. The molecule has 0 amide bonds. The molecule has 0 spiro atoms. The van der Waals surface area contributed by atoms with Crippen LogP contribution in [0, 0.1) is 19.7 Å². The van der Waals surface area contributed by atoms with Crippen LogP contribution >= 0.6 is 0 Å². The highest BCUT2D eigenvalue weighted by atomic mass is 19.1. The number of nitrogens with zero attached hydrogens (tertiary/aromatic N) is 2. The minimum Gasteiger partial charge on any atom is -0.350 e. The first-order valence-corrected chi connectivity index (χ1v) is 9.33. The van der Waals surface area contributed by atoms with Gasteiger partial charge in [0.15, 0.2) is 0 Å². The van der Waals surface area contributed by atoms with Crippen molar-refractivity contribution in [1.82, 2.24) is 9.47 Å². The van der Waals surface area contributed by atoms with Gasteiger partial charge in [0, 0.05) is 37.1 Å². The Bertz CT molecular complexity index is 912. The highest BCUT2D eigenvalue weighted by molar-refractivity contribution is 5.38. The molecule has 0 saturated heterocycles. The van der Waals surface area contributed by atoms with E-state index in [1.165, 1.54) is 22.4 Å². The molecule has 1 aliphatic heterocycles. The van der Waals surface area contributed by atoms with Crippen molar-refractivity contribution < 1.29 is 4.39 Å². The summed E-state index contributed by atoms with van der Waals surface area (Å²) in [5.74, 6) is -0.119. The Labute approximate surface area is 154 Å². The van der Waals surface area contributed by atoms with Crippen LogP contribution in [0.15, 0.2) is 60.8 Å². The lowest BCUT2D eigenvalue weighted by molar-refractivity contribution is 0.217. The van der Waals surface area contributed by atoms with Crippen LogP contribution < -0.4 is 0 Å². The van der Waals surface area contributed by atoms with Crippen LogP contribution in [-0.2, 0) is 13.1 Å². The number of fused-ring (bicyclic) bond motifs is 1. The van der Waals surface area contributed by atoms with E-state index in [-0.39, 0.29) is 11.9 Å². The first kappa shape index (κ1) is 17.0. The fourth-order valence-corrected chi connectivity index (χ4v) is 4.07. The lowest BCUT2D eigenvalue weighted by Crippen LogP contribution is -2.30. The summed E-state index contributed by atoms with van der Waals surface area (Å²) >= 11 is 0. The molecule has 1 aromatic heterocycles. The molecule has 26 heavy (non-hydrogen) atoms. The van der Waals surface area contributed by atoms with Crippen molar-refractivity contribution in [1.29, 1.82) is 0 Å². The molecule has 3 heteroatoms. The minimum atomic E-state index is -0.119. The van der Waals surface area contributed by atoms with Gasteiger partial charge in [0.25, 0.3) is 0 Å². The predicted octanol–water partition coefficient (Wildman–Crippen LogP) is 5.24. The number of hydrogen-bond acceptors (Lipinski definition) is 1. The van der Waals surface area contributed by atoms with Gasteiger partial charge in [0.05, 0.1) is 6.04 Å². The van der Waals surface area contributed by atoms with Gasteiger partial charge in [0.2, 0.25) is 0 Å². The molecule has 0 bridgehead atoms. The molecule has 0 aliphatic carbocycles. The smallest absolute Gasteiger partial charge is 0.127 e. The van der Waals surface area contributed by atoms with E-state index in [9.17, 15) is 4.39 Å². The van der Waals surface area contributed by atoms with Gasteiger partial charge in [-0.3, -0.25) is 4.90 Å². The number of aromatic nitrogens is 1. The van der Waals surface area contributed by atoms with Crippen molar-refractivity contribution in [2.45, 2.75) is 39.4 Å². The lowest BCUT2D eigenvalue weighted by Gasteiger charge is -2.32. The van der Waals surface area contributed by atoms with Gasteiger partial charge in [-0.2, -0.15) is 0 Å². The van der Waals surface area contributed by atoms with E-state index in [1.807, 2.05) is 12.1 Å². The van der Waals surface area contributed by atoms with Crippen LogP contribution in [-0.4, -0.2) is 16.0 Å². The molecule has 0 saturated carbocycles. The van der Waals surface area contributed by atoms with Crippen LogP contribution in [0.4, 0.5) is 4.39 Å². The number of halogens is 1. The average Bonchev–Trinajstić information content (AvgIpc) is 3.01. The molecule has 4 rings (SSSR count). The third-order valence-corrected chi connectivity index (χ3v) is 5.41. The van der Waals surface area contributed by atoms with E-state index < -0.39 is 0 Å². The Morgan fingerprint density at radius 3 is 2.69 bits per heavy atom. The van der Waals surface area contributed by atoms with Gasteiger partial charge < -0.3 is 4.57 Å². The van der Waals surface area contributed by atoms with Gasteiger partial charge >= 0.3 is 0 Å². The third-order valence-electron chi connectivity index (χ3n) is 5.41. The molecule has 3 aromatic rings. The standard InChI is InChI=1S/C23H25FN2/c1-17-10-11-18(2)20(15-17)23-22-9-5-12-25(22)13-6-14-26(23)16-19-7-3-4-8-21(19)24/h3-5,7-12,15,23H,6,13-14,16H2,1-2H3/t23-/m1/s1. The van der Waals surface area contributed by atoms with Crippen LogP contribution in [0.5, 0.6) is 0 Å². The van der Waals surface area contributed by atoms with E-state index in [4.69, 9.17) is 0 Å². The summed E-state index contributed by atoms with van der Waals surface area (Å²) in [5.41, 5.74) is 5.94. The Hall–Kier alpha value is -2.39. The molecule has 2 nitrogen and oxygen atoms in total. The fraction of sp³-hybridized carbons (Fsp3) is 0.304. The van der Waals surface area contributed by atoms with E-state index >= 15 is 0 Å². The Balaban J connectivity index is 1.81. The minimum absolute atomic E-state index is 0.119. The van der Waals surface area contributed by atoms with Gasteiger partial charge in [-0.15, -0.1) is 0 Å². The number of aryl methyl sites for hydroxylation is 3. The lowest BCUT2D eigenvalue weighted by atomic mass is 9.95. The quantitative estimate of drug-likeness (QED) is 0.628. The van der Waals surface area contributed by atoms with E-state index in [1.54, 1.807) is 12.1 Å². The predicted molar refractivity (Wildman–Crippen MR) is 104 cm³/mol. The van der Waals surface area contributed by atoms with E-state index in [2.05, 4.69) is 59.8 Å². The van der Waals surface area contributed by atoms with Crippen LogP contribution in [0.1, 0.15) is 40.4 Å². The fourth-order valence-electron chi connectivity index (χ4n) is 4.07. The average molecular weight is 348 g/mol. The second kappa shape index (κ2) is 7.08. The van der Waals surface area contributed by atoms with Gasteiger partial charge in [-0.25, -0.2) is 4.39 Å². The van der Waals surface area contributed by atoms with Crippen molar-refractivity contribution in [2.75, 3.05) is 6.54 Å². The topological polar surface area (TPSA) is 8.17 Å². The molecular formula is C23H25FN2. The zero-order valence-electron chi connectivity index (χ0n) is 15.5. The molecular weight excluding hydrogens is 323 g/mol. The zero-order chi connectivity index (χ0) is 18.1. The van der Waals surface area contributed by atoms with E-state index in [0.717, 1.165) is 25.1 Å². The van der Waals surface area contributed by atoms with Gasteiger partial charge in [0.1, 0.15) is 5.82 Å². The summed E-state index contributed by atoms with van der Waals surface area (Å²) in [4.78, 5) is 2.43. The monoisotopic (exact) mass is 348 g/mol. The second-order valence-electron chi connectivity index (χ2n) is 7.30. The van der Waals surface area contributed by atoms with Gasteiger partial charge in [-0.05, 0) is 49.6 Å². The summed E-state index contributed by atoms with van der Waals surface area (Å²) in [6.07, 6.45) is 3.23. The maximum Gasteiger partial charge on any atom is 0.127 e. The first-order chi connectivity index (χ1) is 12.6. The van der Waals surface area contributed by atoms with Crippen molar-refractivity contribution in [2.24, 2.45) is 0 Å². The summed E-state index contributed by atoms with van der Waals surface area (Å²) < 4.78 is 16.7. The van der Waals surface area contributed by atoms with Crippen molar-refractivity contribution >= 4 is 0 Å². The third kappa shape index (κ3) is 3.19. The summed E-state index contributed by atoms with van der Waals surface area (Å²) in [6.45, 7) is 6.90. The Morgan fingerprint density at radius 2 is 1.85 bits per heavy atom. The second-order valence-corrected chi connectivity index (χ2v) is 7.30. The van der Waals surface area contributed by atoms with Gasteiger partial charge in [-0.1, -0.05) is 42.0 Å². The van der Waals surface area contributed by atoms with E-state index in [0.29, 0.717) is 6.54 Å².